The maximum atomic E-state index is 10.4. The van der Waals surface area contributed by atoms with Crippen molar-refractivity contribution in [1.29, 1.82) is 0 Å². The van der Waals surface area contributed by atoms with Gasteiger partial charge in [-0.1, -0.05) is 39.0 Å². The van der Waals surface area contributed by atoms with E-state index in [2.05, 4.69) is 26.8 Å². The predicted molar refractivity (Wildman–Crippen MR) is 104 cm³/mol. The van der Waals surface area contributed by atoms with Gasteiger partial charge >= 0.3 is 0 Å². The first-order valence-corrected chi connectivity index (χ1v) is 10.4. The Balaban J connectivity index is 1.56. The quantitative estimate of drug-likeness (QED) is 0.590. The maximum Gasteiger partial charge on any atom is 0.186 e. The van der Waals surface area contributed by atoms with Crippen molar-refractivity contribution in [2.24, 2.45) is 11.3 Å². The van der Waals surface area contributed by atoms with Gasteiger partial charge in [0.2, 0.25) is 0 Å². The van der Waals surface area contributed by atoms with E-state index in [1.54, 1.807) is 0 Å². The molecule has 1 saturated carbocycles. The molecule has 3 aliphatic rings. The summed E-state index contributed by atoms with van der Waals surface area (Å²) in [6.07, 6.45) is -4.90. The molecule has 0 radical (unpaired) electrons. The zero-order valence-electron chi connectivity index (χ0n) is 17.2. The van der Waals surface area contributed by atoms with E-state index in [-0.39, 0.29) is 22.9 Å². The average Bonchev–Trinajstić information content (AvgIpc) is 2.70. The number of para-hydroxylation sites is 1. The van der Waals surface area contributed by atoms with Crippen LogP contribution in [0.3, 0.4) is 0 Å². The van der Waals surface area contributed by atoms with Crippen LogP contribution in [0.2, 0.25) is 0 Å². The van der Waals surface area contributed by atoms with E-state index < -0.39 is 37.3 Å². The minimum atomic E-state index is -1.44. The summed E-state index contributed by atoms with van der Waals surface area (Å²) < 4.78 is 17.8. The van der Waals surface area contributed by atoms with E-state index in [0.29, 0.717) is 6.61 Å². The lowest BCUT2D eigenvalue weighted by Crippen LogP contribution is -2.62. The first-order chi connectivity index (χ1) is 13.7. The normalized spacial score (nSPS) is 43.8. The molecule has 1 aliphatic carbocycles. The van der Waals surface area contributed by atoms with Crippen LogP contribution in [0.1, 0.15) is 39.2 Å². The molecule has 7 nitrogen and oxygen atoms in total. The summed E-state index contributed by atoms with van der Waals surface area (Å²) in [5.41, 5.74) is 0.878. The van der Waals surface area contributed by atoms with Crippen LogP contribution in [0, 0.1) is 11.3 Å². The van der Waals surface area contributed by atoms with Gasteiger partial charge in [0.1, 0.15) is 30.2 Å². The molecule has 162 valence electrons. The second-order valence-corrected chi connectivity index (χ2v) is 9.46. The Labute approximate surface area is 171 Å². The summed E-state index contributed by atoms with van der Waals surface area (Å²) >= 11 is 0. The van der Waals surface area contributed by atoms with E-state index in [0.717, 1.165) is 18.6 Å². The van der Waals surface area contributed by atoms with Crippen molar-refractivity contribution in [3.05, 3.63) is 29.8 Å². The van der Waals surface area contributed by atoms with Crippen LogP contribution in [0.5, 0.6) is 5.75 Å². The van der Waals surface area contributed by atoms with E-state index in [4.69, 9.17) is 14.2 Å². The average molecular weight is 408 g/mol. The minimum Gasteiger partial charge on any atom is -0.493 e. The third-order valence-electron chi connectivity index (χ3n) is 7.48. The number of benzene rings is 1. The van der Waals surface area contributed by atoms with Crippen molar-refractivity contribution in [2.45, 2.75) is 75.8 Å². The smallest absolute Gasteiger partial charge is 0.186 e. The number of aliphatic hydroxyl groups is 4. The molecule has 4 N–H and O–H groups in total. The Hall–Kier alpha value is -1.22. The summed E-state index contributed by atoms with van der Waals surface area (Å²) in [5, 5.41) is 39.9. The van der Waals surface area contributed by atoms with Crippen LogP contribution in [0.25, 0.3) is 0 Å². The highest BCUT2D eigenvalue weighted by Gasteiger charge is 2.56. The molecule has 1 aromatic carbocycles. The Morgan fingerprint density at radius 3 is 2.52 bits per heavy atom. The van der Waals surface area contributed by atoms with Gasteiger partial charge in [-0.25, -0.2) is 0 Å². The summed E-state index contributed by atoms with van der Waals surface area (Å²) in [6.45, 7) is 6.67. The van der Waals surface area contributed by atoms with Crippen molar-refractivity contribution in [3.8, 4) is 5.75 Å². The van der Waals surface area contributed by atoms with Crippen molar-refractivity contribution >= 4 is 0 Å². The molecule has 2 fully saturated rings. The Kier molecular flexibility index (Phi) is 5.42. The van der Waals surface area contributed by atoms with Crippen LogP contribution in [0.4, 0.5) is 0 Å². The van der Waals surface area contributed by atoms with E-state index >= 15 is 0 Å². The van der Waals surface area contributed by atoms with Crippen molar-refractivity contribution in [3.63, 3.8) is 0 Å². The first kappa shape index (κ1) is 21.0. The van der Waals surface area contributed by atoms with Crippen molar-refractivity contribution < 1.29 is 34.6 Å². The van der Waals surface area contributed by atoms with E-state index in [1.165, 1.54) is 5.56 Å². The molecular formula is C22H32O7. The predicted octanol–water partition coefficient (Wildman–Crippen LogP) is 0.958. The first-order valence-electron chi connectivity index (χ1n) is 10.4. The van der Waals surface area contributed by atoms with Gasteiger partial charge in [0, 0.05) is 16.9 Å². The minimum absolute atomic E-state index is 0.0480. The number of rotatable bonds is 3. The third kappa shape index (κ3) is 3.28. The van der Waals surface area contributed by atoms with Gasteiger partial charge in [-0.05, 0) is 24.3 Å². The van der Waals surface area contributed by atoms with E-state index in [1.807, 2.05) is 18.2 Å². The van der Waals surface area contributed by atoms with Gasteiger partial charge < -0.3 is 34.6 Å². The van der Waals surface area contributed by atoms with Gasteiger partial charge in [0.05, 0.1) is 19.3 Å². The summed E-state index contributed by atoms with van der Waals surface area (Å²) in [7, 11) is 0. The Morgan fingerprint density at radius 1 is 1.07 bits per heavy atom. The fraction of sp³-hybridized carbons (Fsp3) is 0.727. The van der Waals surface area contributed by atoms with Crippen LogP contribution in [-0.2, 0) is 14.9 Å². The summed E-state index contributed by atoms with van der Waals surface area (Å²) in [4.78, 5) is 0. The molecule has 7 heteroatoms. The lowest BCUT2D eigenvalue weighted by molar-refractivity contribution is -0.325. The summed E-state index contributed by atoms with van der Waals surface area (Å²) in [5.74, 6) is 1.13. The van der Waals surface area contributed by atoms with Crippen LogP contribution in [0.15, 0.2) is 24.3 Å². The SMILES string of the molecule is CC1(C)[C@@H](O[C@@H]2O[C@H](CO)[C@@H](O)[C@H](O)[C@H]2O)CC[C@]2(C)c3ccccc3OC[C@H]12. The largest absolute Gasteiger partial charge is 0.493 e. The number of hydrogen-bond acceptors (Lipinski definition) is 7. The molecular weight excluding hydrogens is 376 g/mol. The molecule has 0 bridgehead atoms. The van der Waals surface area contributed by atoms with Gasteiger partial charge in [-0.3, -0.25) is 0 Å². The molecule has 0 spiro atoms. The molecule has 1 aromatic rings. The summed E-state index contributed by atoms with van der Waals surface area (Å²) in [6, 6.07) is 8.18. The van der Waals surface area contributed by atoms with Gasteiger partial charge in [0.15, 0.2) is 6.29 Å². The topological polar surface area (TPSA) is 109 Å². The highest BCUT2D eigenvalue weighted by molar-refractivity contribution is 5.43. The van der Waals surface area contributed by atoms with Crippen LogP contribution >= 0.6 is 0 Å². The maximum absolute atomic E-state index is 10.4. The Bertz CT molecular complexity index is 736. The molecule has 29 heavy (non-hydrogen) atoms. The lowest BCUT2D eigenvalue weighted by atomic mass is 9.52. The highest BCUT2D eigenvalue weighted by atomic mass is 16.7. The molecule has 2 aliphatic heterocycles. The van der Waals surface area contributed by atoms with E-state index in [9.17, 15) is 20.4 Å². The molecule has 8 atom stereocenters. The van der Waals surface area contributed by atoms with Crippen LogP contribution in [-0.4, -0.2) is 70.4 Å². The van der Waals surface area contributed by atoms with Gasteiger partial charge in [0.25, 0.3) is 0 Å². The number of fused-ring (bicyclic) bond motifs is 3. The molecule has 0 amide bonds. The zero-order valence-corrected chi connectivity index (χ0v) is 17.2. The van der Waals surface area contributed by atoms with Gasteiger partial charge in [-0.15, -0.1) is 0 Å². The number of ether oxygens (including phenoxy) is 3. The standard InChI is InChI=1S/C22H32O7/c1-21(2)15-11-27-13-7-5-4-6-12(13)22(15,3)9-8-16(21)29-20-19(26)18(25)17(24)14(10-23)28-20/h4-7,14-20,23-26H,8-11H2,1-3H3/t14-,15-,16+,17-,18+,19-,20+,22-/m1/s1. The monoisotopic (exact) mass is 408 g/mol. The number of hydrogen-bond donors (Lipinski definition) is 4. The fourth-order valence-electron chi connectivity index (χ4n) is 5.57. The molecule has 0 unspecified atom stereocenters. The fourth-order valence-corrected chi connectivity index (χ4v) is 5.57. The van der Waals surface area contributed by atoms with Crippen molar-refractivity contribution in [1.82, 2.24) is 0 Å². The highest BCUT2D eigenvalue weighted by Crippen LogP contribution is 2.57. The van der Waals surface area contributed by atoms with Gasteiger partial charge in [-0.2, -0.15) is 0 Å². The molecule has 0 aromatic heterocycles. The van der Waals surface area contributed by atoms with Crippen molar-refractivity contribution in [2.75, 3.05) is 13.2 Å². The second kappa shape index (κ2) is 7.48. The zero-order chi connectivity index (χ0) is 21.0. The molecule has 4 rings (SSSR count). The third-order valence-corrected chi connectivity index (χ3v) is 7.48. The van der Waals surface area contributed by atoms with Crippen LogP contribution < -0.4 is 4.74 Å². The lowest BCUT2D eigenvalue weighted by Gasteiger charge is -2.57. The molecule has 2 heterocycles. The molecule has 1 saturated heterocycles. The number of aliphatic hydroxyl groups excluding tert-OH is 4. The second-order valence-electron chi connectivity index (χ2n) is 9.46. The Morgan fingerprint density at radius 2 is 1.79 bits per heavy atom.